The van der Waals surface area contributed by atoms with Crippen molar-refractivity contribution in [2.45, 2.75) is 55.4 Å². The van der Waals surface area contributed by atoms with Crippen LogP contribution in [0.4, 0.5) is 0 Å². The summed E-state index contributed by atoms with van der Waals surface area (Å²) in [6.45, 7) is 17.5. The fourth-order valence-electron chi connectivity index (χ4n) is 14.8. The first-order chi connectivity index (χ1) is 52.3. The standard InChI is InChI=1S/2C26H26N2.C24H23N3.C23H26N2/c2*1-19-17-26(28(4)18-24(19)21-11-6-5-7-12-21)23-14-10-13-22(20(23)2)25-15-8-9-16-27(25)3;1-18-20(23-12-5-7-16-26(23)2)9-8-10-21(18)24-14-13-19(17-27(24)3)22-11-4-6-15-25-22;1-6-10-19-14-15-23(25(5)18(19)3)21-12-9-11-20(17(21)2)22-13-7-8-16-24(22)4/h2*5-18H,1-4H3;4-17H,1-3H3;6-16H,1-5H3/q4*+2/b;;;10-6-. The number of nitrogens with zero attached hydrogens (tertiary/aromatic N) is 9. The fraction of sp³-hybridized carbons (Fsp3) is 0.162. The van der Waals surface area contributed by atoms with Gasteiger partial charge in [-0.2, -0.15) is 4.57 Å². The van der Waals surface area contributed by atoms with E-state index in [-0.39, 0.29) is 0 Å². The highest BCUT2D eigenvalue weighted by molar-refractivity contribution is 5.79. The SMILES string of the molecule is C/C=C\c1ccc(-c2cccc(-c3cccc[n+]3C)c2C)[n+](C)c1C.Cc1c(-c2cccc[n+]2C)cccc1-c1ccc(-c2ccccn2)c[n+]1C.Cc1cc(-c2cccc(-c3cccc[n+]3C)c2C)[n+](C)cc1-c1ccccc1.Cc1cc(-c2cccc(-c3cccc[n+]3C)c2C)[n+](C)cc1-c1ccccc1. The summed E-state index contributed by atoms with van der Waals surface area (Å²) < 4.78 is 17.6. The Hall–Kier alpha value is -12.6. The first-order valence-electron chi connectivity index (χ1n) is 37.2. The smallest absolute Gasteiger partial charge is 0.212 e. The summed E-state index contributed by atoms with van der Waals surface area (Å²) >= 11 is 0. The Balaban J connectivity index is 0.000000135. The summed E-state index contributed by atoms with van der Waals surface area (Å²) in [5, 5.41) is 0. The van der Waals surface area contributed by atoms with Gasteiger partial charge in [-0.15, -0.1) is 0 Å². The van der Waals surface area contributed by atoms with Crippen molar-refractivity contribution in [1.29, 1.82) is 0 Å². The van der Waals surface area contributed by atoms with Crippen molar-refractivity contribution in [2.75, 3.05) is 0 Å². The third-order valence-corrected chi connectivity index (χ3v) is 21.0. The van der Waals surface area contributed by atoms with Crippen molar-refractivity contribution in [3.05, 3.63) is 361 Å². The molecule has 0 amide bonds. The topological polar surface area (TPSA) is 43.9 Å². The second-order valence-corrected chi connectivity index (χ2v) is 28.1. The van der Waals surface area contributed by atoms with Crippen LogP contribution in [0, 0.1) is 48.5 Å². The molecule has 6 aromatic carbocycles. The molecule has 0 fully saturated rings. The fourth-order valence-corrected chi connectivity index (χ4v) is 14.8. The van der Waals surface area contributed by atoms with E-state index >= 15 is 0 Å². The van der Waals surface area contributed by atoms with Gasteiger partial charge in [0, 0.05) is 147 Å². The number of aryl methyl sites for hydroxylation is 9. The molecular weight excluding hydrogens is 1320 g/mol. The van der Waals surface area contributed by atoms with Crippen molar-refractivity contribution in [2.24, 2.45) is 56.4 Å². The molecular formula is C99H101N9+8. The van der Waals surface area contributed by atoms with E-state index in [0.29, 0.717) is 0 Å². The molecule has 15 rings (SSSR count). The van der Waals surface area contributed by atoms with Crippen molar-refractivity contribution >= 4 is 6.08 Å². The molecule has 9 nitrogen and oxygen atoms in total. The van der Waals surface area contributed by atoms with Crippen LogP contribution in [0.15, 0.2) is 317 Å². The van der Waals surface area contributed by atoms with Gasteiger partial charge in [-0.3, -0.25) is 4.98 Å². The molecule has 0 aliphatic carbocycles. The molecule has 0 saturated heterocycles. The maximum absolute atomic E-state index is 4.46. The van der Waals surface area contributed by atoms with E-state index in [1.165, 1.54) is 157 Å². The van der Waals surface area contributed by atoms with E-state index in [4.69, 9.17) is 0 Å². The average Bonchev–Trinajstić information content (AvgIpc) is 0.794. The van der Waals surface area contributed by atoms with Crippen LogP contribution >= 0.6 is 0 Å². The van der Waals surface area contributed by atoms with E-state index in [2.05, 4.69) is 451 Å². The van der Waals surface area contributed by atoms with Crippen LogP contribution in [0.25, 0.3) is 130 Å². The van der Waals surface area contributed by atoms with Gasteiger partial charge in [-0.25, -0.2) is 32.0 Å². The van der Waals surface area contributed by atoms with Crippen LogP contribution < -0.4 is 36.5 Å². The van der Waals surface area contributed by atoms with Crippen LogP contribution in [-0.2, 0) is 56.4 Å². The second-order valence-electron chi connectivity index (χ2n) is 28.1. The quantitative estimate of drug-likeness (QED) is 0.112. The van der Waals surface area contributed by atoms with Gasteiger partial charge in [-0.1, -0.05) is 103 Å². The Morgan fingerprint density at radius 1 is 0.259 bits per heavy atom. The zero-order chi connectivity index (χ0) is 76.1. The zero-order valence-corrected chi connectivity index (χ0v) is 65.6. The van der Waals surface area contributed by atoms with Crippen LogP contribution in [0.1, 0.15) is 51.6 Å². The van der Waals surface area contributed by atoms with Crippen molar-refractivity contribution < 1.29 is 36.5 Å². The number of benzene rings is 6. The van der Waals surface area contributed by atoms with E-state index in [0.717, 1.165) is 11.3 Å². The van der Waals surface area contributed by atoms with Gasteiger partial charge in [0.1, 0.15) is 56.4 Å². The Morgan fingerprint density at radius 2 is 0.583 bits per heavy atom. The molecule has 0 unspecified atom stereocenters. The lowest BCUT2D eigenvalue weighted by molar-refractivity contribution is -0.666. The highest BCUT2D eigenvalue weighted by Crippen LogP contribution is 2.36. The molecule has 0 radical (unpaired) electrons. The Labute approximate surface area is 640 Å². The minimum Gasteiger partial charge on any atom is -0.256 e. The lowest BCUT2D eigenvalue weighted by Gasteiger charge is -2.11. The van der Waals surface area contributed by atoms with Crippen LogP contribution in [0.2, 0.25) is 0 Å². The predicted molar refractivity (Wildman–Crippen MR) is 441 cm³/mol. The highest BCUT2D eigenvalue weighted by Gasteiger charge is 2.26. The first-order valence-corrected chi connectivity index (χ1v) is 37.2. The van der Waals surface area contributed by atoms with Crippen LogP contribution in [-0.4, -0.2) is 4.98 Å². The molecule has 0 spiro atoms. The van der Waals surface area contributed by atoms with Gasteiger partial charge < -0.3 is 0 Å². The number of aromatic nitrogens is 9. The number of pyridine rings is 9. The van der Waals surface area contributed by atoms with Gasteiger partial charge in [0.05, 0.1) is 11.3 Å². The summed E-state index contributed by atoms with van der Waals surface area (Å²) in [6.07, 6.45) is 21.1. The third-order valence-electron chi connectivity index (χ3n) is 21.0. The molecule has 0 bridgehead atoms. The highest BCUT2D eigenvalue weighted by atomic mass is 15.0. The molecule has 0 saturated carbocycles. The predicted octanol–water partition coefficient (Wildman–Crippen LogP) is 18.3. The molecule has 9 heteroatoms. The lowest BCUT2D eigenvalue weighted by atomic mass is 9.95. The van der Waals surface area contributed by atoms with Gasteiger partial charge in [0.2, 0.25) is 45.6 Å². The van der Waals surface area contributed by atoms with E-state index < -0.39 is 0 Å². The number of rotatable bonds is 12. The van der Waals surface area contributed by atoms with Crippen LogP contribution in [0.3, 0.4) is 0 Å². The minimum absolute atomic E-state index is 0.987. The zero-order valence-electron chi connectivity index (χ0n) is 65.6. The summed E-state index contributed by atoms with van der Waals surface area (Å²) in [6, 6.07) is 92.1. The molecule has 9 aromatic heterocycles. The third kappa shape index (κ3) is 16.4. The van der Waals surface area contributed by atoms with Crippen molar-refractivity contribution in [3.63, 3.8) is 0 Å². The van der Waals surface area contributed by atoms with E-state index in [1.807, 2.05) is 24.4 Å². The lowest BCUT2D eigenvalue weighted by Crippen LogP contribution is -2.35. The molecule has 0 atom stereocenters. The summed E-state index contributed by atoms with van der Waals surface area (Å²) in [5.74, 6) is 0. The van der Waals surface area contributed by atoms with Crippen molar-refractivity contribution in [3.8, 4) is 124 Å². The second kappa shape index (κ2) is 34.1. The van der Waals surface area contributed by atoms with Gasteiger partial charge in [0.25, 0.3) is 0 Å². The number of hydrogen-bond acceptors (Lipinski definition) is 1. The first kappa shape index (κ1) is 75.1. The van der Waals surface area contributed by atoms with Crippen LogP contribution in [0.5, 0.6) is 0 Å². The summed E-state index contributed by atoms with van der Waals surface area (Å²) in [5.41, 5.74) is 37.3. The van der Waals surface area contributed by atoms with Gasteiger partial charge in [0.15, 0.2) is 49.1 Å². The maximum atomic E-state index is 4.46. The Kier molecular flexibility index (Phi) is 23.7. The van der Waals surface area contributed by atoms with E-state index in [1.54, 1.807) is 0 Å². The average molecular weight is 1420 g/mol. The number of allylic oxidation sites excluding steroid dienone is 1. The largest absolute Gasteiger partial charge is 0.256 e. The maximum Gasteiger partial charge on any atom is 0.212 e. The summed E-state index contributed by atoms with van der Waals surface area (Å²) in [4.78, 5) is 4.46. The van der Waals surface area contributed by atoms with Crippen molar-refractivity contribution in [1.82, 2.24) is 4.98 Å². The normalized spacial score (nSPS) is 10.9. The minimum atomic E-state index is 0.987. The van der Waals surface area contributed by atoms with Gasteiger partial charge in [-0.05, 0) is 190 Å². The summed E-state index contributed by atoms with van der Waals surface area (Å²) in [7, 11) is 16.9. The monoisotopic (exact) mass is 1420 g/mol. The number of hydrogen-bond donors (Lipinski definition) is 0. The van der Waals surface area contributed by atoms with Gasteiger partial charge >= 0.3 is 0 Å². The molecule has 0 aliphatic heterocycles. The molecule has 108 heavy (non-hydrogen) atoms. The molecule has 534 valence electrons. The molecule has 0 aliphatic rings. The molecule has 0 N–H and O–H groups in total. The Bertz CT molecular complexity index is 5580. The van der Waals surface area contributed by atoms with E-state index in [9.17, 15) is 0 Å². The molecule has 15 aromatic rings. The molecule has 9 heterocycles. The Morgan fingerprint density at radius 3 is 0.926 bits per heavy atom.